The zero-order valence-corrected chi connectivity index (χ0v) is 13.6. The van der Waals surface area contributed by atoms with Crippen LogP contribution in [0.15, 0.2) is 30.3 Å². The maximum Gasteiger partial charge on any atom is 0.326 e. The number of unbranched alkanes of at least 4 members (excludes halogenated alkanes) is 1. The fraction of sp³-hybridized carbons (Fsp3) is 0.529. The largest absolute Gasteiger partial charge is 0.480 e. The number of hydrogen-bond donors (Lipinski definition) is 2. The molecule has 5 nitrogen and oxygen atoms in total. The SMILES string of the molecule is CCCC[C@H](NC(=O)C(C)N(C)Cc1ccccc1)C(=O)O. The van der Waals surface area contributed by atoms with E-state index < -0.39 is 12.0 Å². The number of nitrogens with one attached hydrogen (secondary N) is 1. The van der Waals surface area contributed by atoms with Gasteiger partial charge in [0.1, 0.15) is 6.04 Å². The second-order valence-corrected chi connectivity index (χ2v) is 5.62. The van der Waals surface area contributed by atoms with Gasteiger partial charge < -0.3 is 10.4 Å². The molecule has 0 fully saturated rings. The first-order valence-corrected chi connectivity index (χ1v) is 7.73. The molecule has 1 aromatic rings. The van der Waals surface area contributed by atoms with E-state index in [0.717, 1.165) is 18.4 Å². The smallest absolute Gasteiger partial charge is 0.326 e. The number of likely N-dealkylation sites (N-methyl/N-ethyl adjacent to an activating group) is 1. The quantitative estimate of drug-likeness (QED) is 0.734. The number of aliphatic carboxylic acids is 1. The van der Waals surface area contributed by atoms with Gasteiger partial charge in [-0.25, -0.2) is 4.79 Å². The van der Waals surface area contributed by atoms with Crippen molar-refractivity contribution in [2.24, 2.45) is 0 Å². The lowest BCUT2D eigenvalue weighted by molar-refractivity contribution is -0.142. The number of hydrogen-bond acceptors (Lipinski definition) is 3. The van der Waals surface area contributed by atoms with Crippen molar-refractivity contribution in [1.29, 1.82) is 0 Å². The first-order valence-electron chi connectivity index (χ1n) is 7.73. The number of rotatable bonds is 9. The van der Waals surface area contributed by atoms with E-state index in [1.807, 2.05) is 49.2 Å². The van der Waals surface area contributed by atoms with Crippen LogP contribution < -0.4 is 5.32 Å². The van der Waals surface area contributed by atoms with Gasteiger partial charge in [0.25, 0.3) is 0 Å². The van der Waals surface area contributed by atoms with E-state index in [1.165, 1.54) is 0 Å². The Morgan fingerprint density at radius 3 is 2.45 bits per heavy atom. The first kappa shape index (κ1) is 18.2. The minimum atomic E-state index is -0.972. The predicted molar refractivity (Wildman–Crippen MR) is 86.5 cm³/mol. The fourth-order valence-electron chi connectivity index (χ4n) is 2.17. The van der Waals surface area contributed by atoms with E-state index in [0.29, 0.717) is 13.0 Å². The second kappa shape index (κ2) is 9.20. The van der Waals surface area contributed by atoms with Crippen molar-refractivity contribution >= 4 is 11.9 Å². The highest BCUT2D eigenvalue weighted by molar-refractivity contribution is 5.86. The highest BCUT2D eigenvalue weighted by Crippen LogP contribution is 2.07. The lowest BCUT2D eigenvalue weighted by atomic mass is 10.1. The highest BCUT2D eigenvalue weighted by atomic mass is 16.4. The van der Waals surface area contributed by atoms with Crippen LogP contribution in [0.5, 0.6) is 0 Å². The third kappa shape index (κ3) is 5.85. The van der Waals surface area contributed by atoms with Gasteiger partial charge in [0, 0.05) is 6.54 Å². The fourth-order valence-corrected chi connectivity index (χ4v) is 2.17. The third-order valence-corrected chi connectivity index (χ3v) is 3.78. The Bertz CT molecular complexity index is 476. The van der Waals surface area contributed by atoms with E-state index in [9.17, 15) is 14.7 Å². The summed E-state index contributed by atoms with van der Waals surface area (Å²) in [6.45, 7) is 4.43. The molecular formula is C17H26N2O3. The molecule has 1 unspecified atom stereocenters. The molecule has 22 heavy (non-hydrogen) atoms. The Morgan fingerprint density at radius 2 is 1.91 bits per heavy atom. The Labute approximate surface area is 132 Å². The maximum atomic E-state index is 12.2. The highest BCUT2D eigenvalue weighted by Gasteiger charge is 2.24. The summed E-state index contributed by atoms with van der Waals surface area (Å²) in [4.78, 5) is 25.3. The lowest BCUT2D eigenvalue weighted by Gasteiger charge is -2.25. The van der Waals surface area contributed by atoms with Gasteiger partial charge in [-0.1, -0.05) is 50.1 Å². The minimum absolute atomic E-state index is 0.248. The van der Waals surface area contributed by atoms with Crippen LogP contribution in [-0.2, 0) is 16.1 Å². The molecular weight excluding hydrogens is 280 g/mol. The van der Waals surface area contributed by atoms with Crippen molar-refractivity contribution in [2.45, 2.75) is 51.7 Å². The van der Waals surface area contributed by atoms with Crippen molar-refractivity contribution in [3.63, 3.8) is 0 Å². The molecule has 0 aromatic heterocycles. The molecule has 0 saturated carbocycles. The molecule has 0 saturated heterocycles. The van der Waals surface area contributed by atoms with Crippen molar-refractivity contribution in [3.05, 3.63) is 35.9 Å². The van der Waals surface area contributed by atoms with Gasteiger partial charge >= 0.3 is 5.97 Å². The molecule has 0 spiro atoms. The monoisotopic (exact) mass is 306 g/mol. The van der Waals surface area contributed by atoms with Crippen LogP contribution in [0.1, 0.15) is 38.7 Å². The van der Waals surface area contributed by atoms with Gasteiger partial charge in [0.15, 0.2) is 0 Å². The first-order chi connectivity index (χ1) is 10.5. The van der Waals surface area contributed by atoms with Gasteiger partial charge in [-0.15, -0.1) is 0 Å². The summed E-state index contributed by atoms with van der Waals surface area (Å²) >= 11 is 0. The number of benzene rings is 1. The van der Waals surface area contributed by atoms with Gasteiger partial charge in [-0.3, -0.25) is 9.69 Å². The summed E-state index contributed by atoms with van der Waals surface area (Å²) in [6.07, 6.45) is 2.15. The molecule has 2 atom stereocenters. The molecule has 5 heteroatoms. The van der Waals surface area contributed by atoms with Gasteiger partial charge in [0.05, 0.1) is 6.04 Å². The normalized spacial score (nSPS) is 13.6. The molecule has 0 bridgehead atoms. The van der Waals surface area contributed by atoms with Crippen molar-refractivity contribution < 1.29 is 14.7 Å². The summed E-state index contributed by atoms with van der Waals surface area (Å²) in [5.74, 6) is -1.22. The average Bonchev–Trinajstić information content (AvgIpc) is 2.51. The van der Waals surface area contributed by atoms with Crippen LogP contribution in [0, 0.1) is 0 Å². The Balaban J connectivity index is 2.57. The lowest BCUT2D eigenvalue weighted by Crippen LogP contribution is -2.49. The van der Waals surface area contributed by atoms with Gasteiger partial charge in [-0.05, 0) is 26.0 Å². The number of amides is 1. The van der Waals surface area contributed by atoms with Crippen molar-refractivity contribution in [2.75, 3.05) is 7.05 Å². The second-order valence-electron chi connectivity index (χ2n) is 5.62. The zero-order valence-electron chi connectivity index (χ0n) is 13.6. The molecule has 0 aliphatic rings. The number of carboxylic acids is 1. The molecule has 0 aliphatic carbocycles. The third-order valence-electron chi connectivity index (χ3n) is 3.78. The Hall–Kier alpha value is -1.88. The Morgan fingerprint density at radius 1 is 1.27 bits per heavy atom. The minimum Gasteiger partial charge on any atom is -0.480 e. The molecule has 0 radical (unpaired) electrons. The molecule has 0 aliphatic heterocycles. The molecule has 122 valence electrons. The summed E-state index contributed by atoms with van der Waals surface area (Å²) in [5, 5.41) is 11.8. The number of carbonyl (C=O) groups excluding carboxylic acids is 1. The van der Waals surface area contributed by atoms with Crippen LogP contribution in [0.4, 0.5) is 0 Å². The molecule has 1 rings (SSSR count). The number of carbonyl (C=O) groups is 2. The van der Waals surface area contributed by atoms with Gasteiger partial charge in [0.2, 0.25) is 5.91 Å². The standard InChI is InChI=1S/C17H26N2O3/c1-4-5-11-15(17(21)22)18-16(20)13(2)19(3)12-14-9-7-6-8-10-14/h6-10,13,15H,4-5,11-12H2,1-3H3,(H,18,20)(H,21,22)/t13?,15-/m0/s1. The summed E-state index contributed by atoms with van der Waals surface area (Å²) in [7, 11) is 1.86. The Kier molecular flexibility index (Phi) is 7.60. The van der Waals surface area contributed by atoms with Gasteiger partial charge in [-0.2, -0.15) is 0 Å². The molecule has 1 aromatic carbocycles. The number of carboxylic acid groups (broad SMARTS) is 1. The molecule has 1 amide bonds. The zero-order chi connectivity index (χ0) is 16.5. The maximum absolute atomic E-state index is 12.2. The molecule has 0 heterocycles. The topological polar surface area (TPSA) is 69.6 Å². The van der Waals surface area contributed by atoms with Crippen LogP contribution in [0.2, 0.25) is 0 Å². The van der Waals surface area contributed by atoms with Crippen molar-refractivity contribution in [1.82, 2.24) is 10.2 Å². The van der Waals surface area contributed by atoms with E-state index in [4.69, 9.17) is 0 Å². The van der Waals surface area contributed by atoms with E-state index >= 15 is 0 Å². The van der Waals surface area contributed by atoms with Crippen LogP contribution in [-0.4, -0.2) is 41.0 Å². The van der Waals surface area contributed by atoms with Crippen molar-refractivity contribution in [3.8, 4) is 0 Å². The van der Waals surface area contributed by atoms with Crippen LogP contribution in [0.3, 0.4) is 0 Å². The predicted octanol–water partition coefficient (Wildman–Crippen LogP) is 2.27. The molecule has 2 N–H and O–H groups in total. The van der Waals surface area contributed by atoms with Crippen LogP contribution in [0.25, 0.3) is 0 Å². The van der Waals surface area contributed by atoms with E-state index in [-0.39, 0.29) is 11.9 Å². The average molecular weight is 306 g/mol. The van der Waals surface area contributed by atoms with E-state index in [2.05, 4.69) is 5.32 Å². The summed E-state index contributed by atoms with van der Waals surface area (Å²) < 4.78 is 0. The summed E-state index contributed by atoms with van der Waals surface area (Å²) in [5.41, 5.74) is 1.12. The number of nitrogens with zero attached hydrogens (tertiary/aromatic N) is 1. The summed E-state index contributed by atoms with van der Waals surface area (Å²) in [6, 6.07) is 8.68. The van der Waals surface area contributed by atoms with Crippen LogP contribution >= 0.6 is 0 Å². The van der Waals surface area contributed by atoms with E-state index in [1.54, 1.807) is 6.92 Å².